The van der Waals surface area contributed by atoms with Crippen LogP contribution in [0.5, 0.6) is 0 Å². The first-order valence-corrected chi connectivity index (χ1v) is 6.64. The van der Waals surface area contributed by atoms with Gasteiger partial charge < -0.3 is 15.0 Å². The van der Waals surface area contributed by atoms with E-state index < -0.39 is 0 Å². The lowest BCUT2D eigenvalue weighted by Crippen LogP contribution is -2.27. The molecular weight excluding hydrogens is 254 g/mol. The van der Waals surface area contributed by atoms with E-state index in [0.29, 0.717) is 19.0 Å². The van der Waals surface area contributed by atoms with E-state index in [-0.39, 0.29) is 11.4 Å². The number of para-hydroxylation sites is 1. The Kier molecular flexibility index (Phi) is 4.09. The Balaban J connectivity index is 2.21. The normalized spacial score (nSPS) is 16.8. The van der Waals surface area contributed by atoms with Crippen molar-refractivity contribution in [3.8, 4) is 0 Å². The molecule has 0 aromatic heterocycles. The van der Waals surface area contributed by atoms with Crippen molar-refractivity contribution in [1.29, 1.82) is 0 Å². The number of carbonyl (C=O) groups is 1. The van der Waals surface area contributed by atoms with Crippen molar-refractivity contribution in [2.75, 3.05) is 32.6 Å². The molecule has 1 aromatic rings. The van der Waals surface area contributed by atoms with Crippen molar-refractivity contribution in [2.24, 2.45) is 4.99 Å². The highest BCUT2D eigenvalue weighted by Crippen LogP contribution is 2.24. The van der Waals surface area contributed by atoms with Gasteiger partial charge in [0.15, 0.2) is 0 Å². The lowest BCUT2D eigenvalue weighted by molar-refractivity contribution is -0.116. The van der Waals surface area contributed by atoms with E-state index in [1.807, 2.05) is 57.1 Å². The highest BCUT2D eigenvalue weighted by Gasteiger charge is 2.28. The molecule has 1 aliphatic rings. The zero-order valence-electron chi connectivity index (χ0n) is 12.4. The lowest BCUT2D eigenvalue weighted by Gasteiger charge is -2.13. The molecule has 1 heterocycles. The quantitative estimate of drug-likeness (QED) is 0.910. The predicted molar refractivity (Wildman–Crippen MR) is 80.2 cm³/mol. The molecule has 5 heteroatoms. The number of nitrogens with zero attached hydrogens (tertiary/aromatic N) is 2. The van der Waals surface area contributed by atoms with Gasteiger partial charge in [0, 0.05) is 0 Å². The minimum Gasteiger partial charge on any atom is -0.475 e. The van der Waals surface area contributed by atoms with Crippen molar-refractivity contribution in [3.05, 3.63) is 29.8 Å². The molecule has 1 amide bonds. The number of rotatable bonds is 4. The van der Waals surface area contributed by atoms with Crippen LogP contribution in [-0.4, -0.2) is 49.5 Å². The van der Waals surface area contributed by atoms with Gasteiger partial charge in [-0.25, -0.2) is 4.99 Å². The van der Waals surface area contributed by atoms with E-state index in [4.69, 9.17) is 4.74 Å². The SMILES string of the molecule is CN(C)CC(=O)Nc1ccccc1C1=NC(C)(C)CO1. The average Bonchev–Trinajstić information content (AvgIpc) is 2.69. The van der Waals surface area contributed by atoms with Gasteiger partial charge in [-0.3, -0.25) is 4.79 Å². The molecule has 0 atom stereocenters. The fourth-order valence-electron chi connectivity index (χ4n) is 1.98. The maximum absolute atomic E-state index is 11.9. The molecule has 2 rings (SSSR count). The monoisotopic (exact) mass is 275 g/mol. The molecule has 1 aromatic carbocycles. The second kappa shape index (κ2) is 5.63. The number of nitrogens with one attached hydrogen (secondary N) is 1. The van der Waals surface area contributed by atoms with E-state index in [9.17, 15) is 4.79 Å². The van der Waals surface area contributed by atoms with Gasteiger partial charge in [0.1, 0.15) is 6.61 Å². The summed E-state index contributed by atoms with van der Waals surface area (Å²) in [5.74, 6) is 0.538. The number of ether oxygens (including phenoxy) is 1. The second-order valence-corrected chi connectivity index (χ2v) is 5.85. The Morgan fingerprint density at radius 3 is 2.70 bits per heavy atom. The fraction of sp³-hybridized carbons (Fsp3) is 0.467. The zero-order chi connectivity index (χ0) is 14.8. The smallest absolute Gasteiger partial charge is 0.238 e. The number of benzene rings is 1. The van der Waals surface area contributed by atoms with Gasteiger partial charge in [-0.1, -0.05) is 12.1 Å². The van der Waals surface area contributed by atoms with Crippen LogP contribution in [0.2, 0.25) is 0 Å². The molecule has 5 nitrogen and oxygen atoms in total. The molecule has 0 bridgehead atoms. The minimum atomic E-state index is -0.212. The second-order valence-electron chi connectivity index (χ2n) is 5.85. The Morgan fingerprint density at radius 2 is 2.10 bits per heavy atom. The Labute approximate surface area is 119 Å². The Hall–Kier alpha value is -1.88. The van der Waals surface area contributed by atoms with Crippen LogP contribution >= 0.6 is 0 Å². The summed E-state index contributed by atoms with van der Waals surface area (Å²) in [5, 5.41) is 2.90. The molecule has 1 aliphatic heterocycles. The van der Waals surface area contributed by atoms with Crippen molar-refractivity contribution in [2.45, 2.75) is 19.4 Å². The third kappa shape index (κ3) is 3.57. The summed E-state index contributed by atoms with van der Waals surface area (Å²) in [6.45, 7) is 4.94. The standard InChI is InChI=1S/C15H21N3O2/c1-15(2)10-20-14(17-15)11-7-5-6-8-12(11)16-13(19)9-18(3)4/h5-8H,9-10H2,1-4H3,(H,16,19). The predicted octanol–water partition coefficient (Wildman–Crippen LogP) is 1.74. The number of anilines is 1. The summed E-state index contributed by atoms with van der Waals surface area (Å²) in [5.41, 5.74) is 1.34. The molecule has 0 unspecified atom stereocenters. The molecule has 20 heavy (non-hydrogen) atoms. The third-order valence-corrected chi connectivity index (χ3v) is 2.86. The molecule has 0 spiro atoms. The molecule has 0 saturated carbocycles. The van der Waals surface area contributed by atoms with Crippen LogP contribution < -0.4 is 5.32 Å². The summed E-state index contributed by atoms with van der Waals surface area (Å²) in [6.07, 6.45) is 0. The third-order valence-electron chi connectivity index (χ3n) is 2.86. The van der Waals surface area contributed by atoms with Gasteiger partial charge in [-0.2, -0.15) is 0 Å². The highest BCUT2D eigenvalue weighted by atomic mass is 16.5. The topological polar surface area (TPSA) is 53.9 Å². The zero-order valence-corrected chi connectivity index (χ0v) is 12.4. The van der Waals surface area contributed by atoms with Gasteiger partial charge in [0.05, 0.1) is 23.3 Å². The van der Waals surface area contributed by atoms with Gasteiger partial charge in [-0.05, 0) is 40.1 Å². The van der Waals surface area contributed by atoms with Crippen LogP contribution in [0.25, 0.3) is 0 Å². The van der Waals surface area contributed by atoms with Crippen LogP contribution in [0, 0.1) is 0 Å². The van der Waals surface area contributed by atoms with Crippen molar-refractivity contribution in [1.82, 2.24) is 4.90 Å². The molecule has 0 saturated heterocycles. The van der Waals surface area contributed by atoms with Crippen molar-refractivity contribution in [3.63, 3.8) is 0 Å². The fourth-order valence-corrected chi connectivity index (χ4v) is 1.98. The van der Waals surface area contributed by atoms with Crippen LogP contribution in [0.15, 0.2) is 29.3 Å². The first-order valence-electron chi connectivity index (χ1n) is 6.64. The summed E-state index contributed by atoms with van der Waals surface area (Å²) >= 11 is 0. The maximum Gasteiger partial charge on any atom is 0.238 e. The van der Waals surface area contributed by atoms with Crippen LogP contribution in [0.1, 0.15) is 19.4 Å². The first kappa shape index (κ1) is 14.5. The van der Waals surface area contributed by atoms with E-state index in [1.165, 1.54) is 0 Å². The molecule has 108 valence electrons. The minimum absolute atomic E-state index is 0.0553. The van der Waals surface area contributed by atoms with Crippen molar-refractivity contribution < 1.29 is 9.53 Å². The van der Waals surface area contributed by atoms with Gasteiger partial charge in [-0.15, -0.1) is 0 Å². The Morgan fingerprint density at radius 1 is 1.40 bits per heavy atom. The number of amides is 1. The van der Waals surface area contributed by atoms with Crippen LogP contribution in [-0.2, 0) is 9.53 Å². The van der Waals surface area contributed by atoms with E-state index in [0.717, 1.165) is 11.3 Å². The Bertz CT molecular complexity index is 536. The summed E-state index contributed by atoms with van der Waals surface area (Å²) < 4.78 is 5.65. The highest BCUT2D eigenvalue weighted by molar-refractivity contribution is 6.04. The largest absolute Gasteiger partial charge is 0.475 e. The lowest BCUT2D eigenvalue weighted by atomic mass is 10.1. The molecule has 1 N–H and O–H groups in total. The number of likely N-dealkylation sites (N-methyl/N-ethyl adjacent to an activating group) is 1. The summed E-state index contributed by atoms with van der Waals surface area (Å²) in [6, 6.07) is 7.56. The van der Waals surface area contributed by atoms with Crippen molar-refractivity contribution >= 4 is 17.5 Å². The van der Waals surface area contributed by atoms with E-state index in [1.54, 1.807) is 0 Å². The number of hydrogen-bond donors (Lipinski definition) is 1. The summed E-state index contributed by atoms with van der Waals surface area (Å²) in [4.78, 5) is 18.3. The van der Waals surface area contributed by atoms with E-state index >= 15 is 0 Å². The molecular formula is C15H21N3O2. The van der Waals surface area contributed by atoms with Crippen LogP contribution in [0.3, 0.4) is 0 Å². The number of aliphatic imine (C=N–C) groups is 1. The van der Waals surface area contributed by atoms with E-state index in [2.05, 4.69) is 10.3 Å². The number of hydrogen-bond acceptors (Lipinski definition) is 4. The average molecular weight is 275 g/mol. The van der Waals surface area contributed by atoms with Gasteiger partial charge >= 0.3 is 0 Å². The molecule has 0 radical (unpaired) electrons. The maximum atomic E-state index is 11.9. The van der Waals surface area contributed by atoms with Crippen LogP contribution in [0.4, 0.5) is 5.69 Å². The number of carbonyl (C=O) groups excluding carboxylic acids is 1. The first-order chi connectivity index (χ1) is 9.37. The van der Waals surface area contributed by atoms with Gasteiger partial charge in [0.25, 0.3) is 0 Å². The summed E-state index contributed by atoms with van der Waals surface area (Å²) in [7, 11) is 3.72. The molecule has 0 fully saturated rings. The van der Waals surface area contributed by atoms with Gasteiger partial charge in [0.2, 0.25) is 11.8 Å². The molecule has 0 aliphatic carbocycles.